The molecule has 0 atom stereocenters. The minimum atomic E-state index is 0.434. The molecule has 0 spiro atoms. The first-order valence-electron chi connectivity index (χ1n) is 6.46. The Morgan fingerprint density at radius 3 is 2.43 bits per heavy atom. The lowest BCUT2D eigenvalue weighted by molar-refractivity contribution is 0.397. The van der Waals surface area contributed by atoms with E-state index in [1.807, 2.05) is 30.3 Å². The van der Waals surface area contributed by atoms with Crippen LogP contribution in [0.3, 0.4) is 0 Å². The monoisotopic (exact) mass is 281 g/mol. The average Bonchev–Trinajstić information content (AvgIpc) is 2.54. The molecule has 0 radical (unpaired) electrons. The molecule has 0 aliphatic rings. The van der Waals surface area contributed by atoms with Gasteiger partial charge in [0.1, 0.15) is 17.3 Å². The third-order valence-electron chi connectivity index (χ3n) is 3.35. The lowest BCUT2D eigenvalue weighted by Crippen LogP contribution is -1.98. The topological polar surface area (TPSA) is 70.3 Å². The van der Waals surface area contributed by atoms with E-state index in [0.29, 0.717) is 23.0 Å². The number of nitrogens with zero attached hydrogens (tertiary/aromatic N) is 2. The Morgan fingerprint density at radius 2 is 1.76 bits per heavy atom. The molecule has 106 valence electrons. The van der Waals surface area contributed by atoms with Gasteiger partial charge in [-0.2, -0.15) is 0 Å². The molecule has 0 unspecified atom stereocenters. The SMILES string of the molecule is COc1cccc(OC)c1-c1cc2ccncc2c(N)n1. The molecule has 21 heavy (non-hydrogen) atoms. The van der Waals surface area contributed by atoms with Crippen molar-refractivity contribution in [1.29, 1.82) is 0 Å². The zero-order valence-corrected chi connectivity index (χ0v) is 11.8. The van der Waals surface area contributed by atoms with Gasteiger partial charge in [-0.25, -0.2) is 4.98 Å². The Kier molecular flexibility index (Phi) is 3.31. The molecule has 0 saturated carbocycles. The zero-order valence-electron chi connectivity index (χ0n) is 11.8. The third-order valence-corrected chi connectivity index (χ3v) is 3.35. The fourth-order valence-corrected chi connectivity index (χ4v) is 2.35. The standard InChI is InChI=1S/C16H15N3O2/c1-20-13-4-3-5-14(21-2)15(13)12-8-10-6-7-18-9-11(10)16(17)19-12/h3-9H,1-2H3,(H2,17,19). The van der Waals surface area contributed by atoms with Gasteiger partial charge in [0.15, 0.2) is 0 Å². The number of fused-ring (bicyclic) bond motifs is 1. The fraction of sp³-hybridized carbons (Fsp3) is 0.125. The van der Waals surface area contributed by atoms with E-state index >= 15 is 0 Å². The van der Waals surface area contributed by atoms with E-state index < -0.39 is 0 Å². The summed E-state index contributed by atoms with van der Waals surface area (Å²) in [5.41, 5.74) is 7.54. The molecule has 5 nitrogen and oxygen atoms in total. The molecular formula is C16H15N3O2. The highest BCUT2D eigenvalue weighted by Crippen LogP contribution is 2.38. The van der Waals surface area contributed by atoms with Gasteiger partial charge in [-0.1, -0.05) is 6.07 Å². The number of hydrogen-bond acceptors (Lipinski definition) is 5. The van der Waals surface area contributed by atoms with Gasteiger partial charge in [-0.05, 0) is 29.7 Å². The van der Waals surface area contributed by atoms with Crippen LogP contribution < -0.4 is 15.2 Å². The van der Waals surface area contributed by atoms with E-state index in [1.165, 1.54) is 0 Å². The largest absolute Gasteiger partial charge is 0.496 e. The summed E-state index contributed by atoms with van der Waals surface area (Å²) in [7, 11) is 3.24. The van der Waals surface area contributed by atoms with Gasteiger partial charge >= 0.3 is 0 Å². The number of methoxy groups -OCH3 is 2. The lowest BCUT2D eigenvalue weighted by Gasteiger charge is -2.13. The van der Waals surface area contributed by atoms with E-state index in [2.05, 4.69) is 9.97 Å². The quantitative estimate of drug-likeness (QED) is 0.799. The van der Waals surface area contributed by atoms with Crippen LogP contribution in [0.5, 0.6) is 11.5 Å². The highest BCUT2D eigenvalue weighted by atomic mass is 16.5. The van der Waals surface area contributed by atoms with Crippen molar-refractivity contribution in [2.45, 2.75) is 0 Å². The number of ether oxygens (including phenoxy) is 2. The van der Waals surface area contributed by atoms with Crippen LogP contribution in [0, 0.1) is 0 Å². The van der Waals surface area contributed by atoms with Crippen molar-refractivity contribution in [3.63, 3.8) is 0 Å². The van der Waals surface area contributed by atoms with Gasteiger partial charge in [0.25, 0.3) is 0 Å². The molecule has 1 aromatic carbocycles. The molecule has 2 heterocycles. The molecule has 3 aromatic rings. The van der Waals surface area contributed by atoms with Crippen LogP contribution in [0.25, 0.3) is 22.0 Å². The van der Waals surface area contributed by atoms with Crippen molar-refractivity contribution < 1.29 is 9.47 Å². The summed E-state index contributed by atoms with van der Waals surface area (Å²) in [6.45, 7) is 0. The van der Waals surface area contributed by atoms with Crippen molar-refractivity contribution in [2.75, 3.05) is 20.0 Å². The Balaban J connectivity index is 2.30. The molecule has 0 aliphatic heterocycles. The second kappa shape index (κ2) is 5.28. The number of aromatic nitrogens is 2. The summed E-state index contributed by atoms with van der Waals surface area (Å²) >= 11 is 0. The molecule has 2 N–H and O–H groups in total. The van der Waals surface area contributed by atoms with Gasteiger partial charge in [-0.3, -0.25) is 4.98 Å². The third kappa shape index (κ3) is 2.23. The van der Waals surface area contributed by atoms with E-state index in [1.54, 1.807) is 26.6 Å². The number of nitrogen functional groups attached to an aromatic ring is 1. The summed E-state index contributed by atoms with van der Waals surface area (Å²) in [6.07, 6.45) is 3.44. The highest BCUT2D eigenvalue weighted by Gasteiger charge is 2.15. The summed E-state index contributed by atoms with van der Waals surface area (Å²) < 4.78 is 10.8. The number of benzene rings is 1. The Hall–Kier alpha value is -2.82. The summed E-state index contributed by atoms with van der Waals surface area (Å²) in [4.78, 5) is 8.54. The normalized spacial score (nSPS) is 10.6. The number of nitrogens with two attached hydrogens (primary N) is 1. The minimum absolute atomic E-state index is 0.434. The smallest absolute Gasteiger partial charge is 0.133 e. The molecule has 0 aliphatic carbocycles. The van der Waals surface area contributed by atoms with Crippen LogP contribution >= 0.6 is 0 Å². The molecule has 0 amide bonds. The molecule has 0 bridgehead atoms. The van der Waals surface area contributed by atoms with Crippen LogP contribution in [0.2, 0.25) is 0 Å². The van der Waals surface area contributed by atoms with Crippen molar-refractivity contribution in [3.8, 4) is 22.8 Å². The van der Waals surface area contributed by atoms with Gasteiger partial charge in [0.2, 0.25) is 0 Å². The second-order valence-corrected chi connectivity index (χ2v) is 4.53. The van der Waals surface area contributed by atoms with Gasteiger partial charge in [-0.15, -0.1) is 0 Å². The van der Waals surface area contributed by atoms with E-state index in [-0.39, 0.29) is 0 Å². The van der Waals surface area contributed by atoms with Gasteiger partial charge in [0.05, 0.1) is 25.5 Å². The molecule has 3 rings (SSSR count). The van der Waals surface area contributed by atoms with Crippen LogP contribution in [0.1, 0.15) is 0 Å². The number of hydrogen-bond donors (Lipinski definition) is 1. The van der Waals surface area contributed by atoms with E-state index in [0.717, 1.165) is 16.3 Å². The van der Waals surface area contributed by atoms with Crippen molar-refractivity contribution in [3.05, 3.63) is 42.7 Å². The zero-order chi connectivity index (χ0) is 14.8. The van der Waals surface area contributed by atoms with Gasteiger partial charge in [0, 0.05) is 17.8 Å². The second-order valence-electron chi connectivity index (χ2n) is 4.53. The fourth-order valence-electron chi connectivity index (χ4n) is 2.35. The lowest BCUT2D eigenvalue weighted by atomic mass is 10.1. The molecular weight excluding hydrogens is 266 g/mol. The first kappa shape index (κ1) is 13.2. The van der Waals surface area contributed by atoms with Crippen molar-refractivity contribution in [1.82, 2.24) is 9.97 Å². The maximum Gasteiger partial charge on any atom is 0.133 e. The van der Waals surface area contributed by atoms with Crippen LogP contribution in [-0.2, 0) is 0 Å². The Labute approximate surface area is 122 Å². The van der Waals surface area contributed by atoms with Crippen LogP contribution in [0.4, 0.5) is 5.82 Å². The summed E-state index contributed by atoms with van der Waals surface area (Å²) in [6, 6.07) is 9.46. The maximum atomic E-state index is 6.04. The number of pyridine rings is 2. The van der Waals surface area contributed by atoms with Crippen molar-refractivity contribution in [2.24, 2.45) is 0 Å². The van der Waals surface area contributed by atoms with Crippen LogP contribution in [0.15, 0.2) is 42.7 Å². The Bertz CT molecular complexity index is 780. The number of rotatable bonds is 3. The average molecular weight is 281 g/mol. The first-order chi connectivity index (χ1) is 10.2. The molecule has 0 fully saturated rings. The van der Waals surface area contributed by atoms with Crippen LogP contribution in [-0.4, -0.2) is 24.2 Å². The minimum Gasteiger partial charge on any atom is -0.496 e. The van der Waals surface area contributed by atoms with E-state index in [4.69, 9.17) is 15.2 Å². The first-order valence-corrected chi connectivity index (χ1v) is 6.46. The molecule has 0 saturated heterocycles. The van der Waals surface area contributed by atoms with Gasteiger partial charge < -0.3 is 15.2 Å². The predicted octanol–water partition coefficient (Wildman–Crippen LogP) is 2.90. The van der Waals surface area contributed by atoms with E-state index in [9.17, 15) is 0 Å². The summed E-state index contributed by atoms with van der Waals surface area (Å²) in [5.74, 6) is 1.81. The number of anilines is 1. The molecule has 5 heteroatoms. The highest BCUT2D eigenvalue weighted by molar-refractivity contribution is 5.94. The van der Waals surface area contributed by atoms with Crippen molar-refractivity contribution >= 4 is 16.6 Å². The Morgan fingerprint density at radius 1 is 1.05 bits per heavy atom. The summed E-state index contributed by atoms with van der Waals surface area (Å²) in [5, 5.41) is 1.80. The predicted molar refractivity (Wildman–Crippen MR) is 82.5 cm³/mol. The molecule has 2 aromatic heterocycles. The maximum absolute atomic E-state index is 6.04.